The number of sulfonamides is 4. The summed E-state index contributed by atoms with van der Waals surface area (Å²) >= 11 is 0. The van der Waals surface area contributed by atoms with Crippen molar-refractivity contribution in [2.75, 3.05) is 90.5 Å². The van der Waals surface area contributed by atoms with Gasteiger partial charge in [-0.3, -0.25) is 4.79 Å². The lowest BCUT2D eigenvalue weighted by Gasteiger charge is -2.30. The van der Waals surface area contributed by atoms with Crippen LogP contribution in [0.15, 0.2) is 158 Å². The van der Waals surface area contributed by atoms with Gasteiger partial charge in [-0.2, -0.15) is 12.9 Å². The highest BCUT2D eigenvalue weighted by atomic mass is 32.2. The first kappa shape index (κ1) is 71.2. The Labute approximate surface area is 576 Å². The number of carbonyl (C=O) groups is 1. The van der Waals surface area contributed by atoms with Crippen molar-refractivity contribution >= 4 is 123 Å². The predicted molar refractivity (Wildman–Crippen MR) is 401 cm³/mol. The van der Waals surface area contributed by atoms with Crippen LogP contribution in [0.1, 0.15) is 95.9 Å². The van der Waals surface area contributed by atoms with E-state index in [0.717, 1.165) is 62.6 Å². The Bertz CT molecular complexity index is 5220. The number of aromatic nitrogens is 5. The van der Waals surface area contributed by atoms with Crippen molar-refractivity contribution in [2.45, 2.75) is 72.1 Å². The summed E-state index contributed by atoms with van der Waals surface area (Å²) in [5, 5.41) is 6.17. The summed E-state index contributed by atoms with van der Waals surface area (Å²) in [7, 11) is -10.3. The number of carbonyl (C=O) groups excluding carboxylic acids is 1. The lowest BCUT2D eigenvalue weighted by molar-refractivity contribution is -0.128. The molecule has 518 valence electrons. The number of hydrogen-bond donors (Lipinski definition) is 4. The molecule has 1 fully saturated rings. The van der Waals surface area contributed by atoms with Gasteiger partial charge in [0.15, 0.2) is 0 Å². The number of piperidine rings is 1. The second kappa shape index (κ2) is 29.8. The second-order valence-electron chi connectivity index (χ2n) is 26.4. The number of amides is 1. The molecule has 0 aliphatic carbocycles. The van der Waals surface area contributed by atoms with E-state index in [1.54, 1.807) is 11.2 Å². The molecule has 0 saturated carbocycles. The summed E-state index contributed by atoms with van der Waals surface area (Å²) in [6.07, 6.45) is 28.7. The molecule has 19 nitrogen and oxygen atoms in total. The van der Waals surface area contributed by atoms with Crippen molar-refractivity contribution in [3.8, 4) is 0 Å². The molecule has 1 saturated heterocycles. The van der Waals surface area contributed by atoms with Crippen molar-refractivity contribution < 1.29 is 38.5 Å². The van der Waals surface area contributed by atoms with Gasteiger partial charge in [-0.05, 0) is 140 Å². The molecule has 5 aliphatic heterocycles. The van der Waals surface area contributed by atoms with Crippen LogP contribution in [0, 0.1) is 20.8 Å². The molecule has 0 bridgehead atoms. The number of hydrogen-bond acceptors (Lipinski definition) is 9. The number of nitrogens with one attached hydrogen (secondary N) is 4. The SMILES string of the molecule is CC(=O)N1CC=C(c2c[nH]c3cc(C)ccc23)CC1.CS(=O)(=O)N1CC=C(c2c[nH]c3ccccc23)CC1.Cc1ccc2c(C3=CCN(S(C)(=O)=O)CC3)c[nH]c2c1.Cc1ccc2c(C3CCN(S(C)(=O)=O)CC3)c[nH]c2c1.Cn1cc(C2=CCN(S(C)(=O)=O)CC2)c2ccccc21. The highest BCUT2D eigenvalue weighted by Crippen LogP contribution is 2.37. The third kappa shape index (κ3) is 16.8. The van der Waals surface area contributed by atoms with Crippen LogP contribution in [-0.2, 0) is 51.9 Å². The third-order valence-electron chi connectivity index (χ3n) is 19.4. The summed E-state index contributed by atoms with van der Waals surface area (Å²) in [5.74, 6) is 0.606. The zero-order chi connectivity index (χ0) is 69.8. The molecule has 1 amide bonds. The highest BCUT2D eigenvalue weighted by Gasteiger charge is 2.29. The first-order valence-electron chi connectivity index (χ1n) is 33.2. The maximum Gasteiger partial charge on any atom is 0.219 e. The summed E-state index contributed by atoms with van der Waals surface area (Å²) < 4.78 is 100. The van der Waals surface area contributed by atoms with Gasteiger partial charge in [-0.1, -0.05) is 97.1 Å². The molecule has 4 N–H and O–H groups in total. The maximum absolute atomic E-state index is 11.5. The van der Waals surface area contributed by atoms with Crippen LogP contribution in [-0.4, -0.2) is 177 Å². The molecule has 0 spiro atoms. The number of rotatable bonds is 9. The summed E-state index contributed by atoms with van der Waals surface area (Å²) in [4.78, 5) is 26.4. The Morgan fingerprint density at radius 1 is 0.408 bits per heavy atom. The predicted octanol–water partition coefficient (Wildman–Crippen LogP) is 12.7. The van der Waals surface area contributed by atoms with Crippen LogP contribution >= 0.6 is 0 Å². The Kier molecular flexibility index (Phi) is 21.6. The topological polar surface area (TPSA) is 238 Å². The molecule has 10 aromatic rings. The number of nitrogens with zero attached hydrogens (tertiary/aromatic N) is 6. The van der Waals surface area contributed by atoms with Crippen molar-refractivity contribution in [3.63, 3.8) is 0 Å². The molecular weight excluding hydrogens is 1310 g/mol. The molecule has 0 atom stereocenters. The summed E-state index contributed by atoms with van der Waals surface area (Å²) in [5.41, 5.74) is 20.8. The van der Waals surface area contributed by atoms with Gasteiger partial charge >= 0.3 is 0 Å². The molecule has 5 aromatic heterocycles. The van der Waals surface area contributed by atoms with Gasteiger partial charge in [0.25, 0.3) is 0 Å². The van der Waals surface area contributed by atoms with Gasteiger partial charge in [0.1, 0.15) is 0 Å². The third-order valence-corrected chi connectivity index (χ3v) is 24.5. The minimum Gasteiger partial charge on any atom is -0.361 e. The lowest BCUT2D eigenvalue weighted by Crippen LogP contribution is -2.37. The molecule has 15 rings (SSSR count). The van der Waals surface area contributed by atoms with Crippen LogP contribution in [0.25, 0.3) is 76.8 Å². The van der Waals surface area contributed by atoms with Crippen LogP contribution in [0.4, 0.5) is 0 Å². The number of fused-ring (bicyclic) bond motifs is 5. The average molecular weight is 1400 g/mol. The zero-order valence-electron chi connectivity index (χ0n) is 57.4. The van der Waals surface area contributed by atoms with Crippen molar-refractivity contribution in [2.24, 2.45) is 7.05 Å². The van der Waals surface area contributed by atoms with E-state index >= 15 is 0 Å². The standard InChI is InChI=1S/C16H18N2O.C15H20N2O2S.2C15H18N2O2S.C14H16N2O2S/c1-11-3-4-14-15(10-17-16(14)9-11)13-5-7-18(8-6-13)12(2)19;2*1-11-3-4-13-14(10-16-15(13)9-11)12-5-7-17(8-6-12)20(2,18)19;1-16-11-14(13-5-3-4-6-15(13)16)12-7-9-17(10-8-12)20(2,18)19;1-19(17,18)16-8-6-11(7-9-16)13-10-15-14-5-3-2-4-12(13)14/h3-5,9-10,17H,6-8H2,1-2H3;3-4,9-10,12,16H,5-8H2,1-2H3;3-5,9-10,16H,6-8H2,1-2H3;3-7,11H,8-10H2,1-2H3;2-6,10,15H,7-9H2,1H3. The molecule has 23 heteroatoms. The zero-order valence-corrected chi connectivity index (χ0v) is 60.7. The van der Waals surface area contributed by atoms with E-state index in [1.165, 1.54) is 148 Å². The first-order valence-corrected chi connectivity index (χ1v) is 40.6. The summed E-state index contributed by atoms with van der Waals surface area (Å²) in [6, 6.07) is 35.8. The van der Waals surface area contributed by atoms with Gasteiger partial charge in [-0.15, -0.1) is 0 Å². The number of benzene rings is 5. The van der Waals surface area contributed by atoms with E-state index in [1.807, 2.05) is 72.9 Å². The molecular formula is C75H90N10O9S4. The first-order chi connectivity index (χ1) is 46.6. The van der Waals surface area contributed by atoms with Crippen molar-refractivity contribution in [1.29, 1.82) is 0 Å². The molecule has 5 aromatic carbocycles. The minimum atomic E-state index is -3.09. The Morgan fingerprint density at radius 2 is 0.786 bits per heavy atom. The Balaban J connectivity index is 0.000000124. The van der Waals surface area contributed by atoms with Gasteiger partial charge in [0.2, 0.25) is 46.0 Å². The molecule has 5 aliphatic rings. The van der Waals surface area contributed by atoms with E-state index in [-0.39, 0.29) is 5.91 Å². The largest absolute Gasteiger partial charge is 0.361 e. The molecule has 98 heavy (non-hydrogen) atoms. The van der Waals surface area contributed by atoms with Crippen LogP contribution in [0.3, 0.4) is 0 Å². The molecule has 0 unspecified atom stereocenters. The van der Waals surface area contributed by atoms with E-state index in [2.05, 4.69) is 143 Å². The maximum atomic E-state index is 11.5. The quantitative estimate of drug-likeness (QED) is 0.107. The van der Waals surface area contributed by atoms with Crippen LogP contribution in [0.2, 0.25) is 0 Å². The van der Waals surface area contributed by atoms with Gasteiger partial charge in [0, 0.05) is 187 Å². The van der Waals surface area contributed by atoms with E-state index in [4.69, 9.17) is 0 Å². The van der Waals surface area contributed by atoms with E-state index in [9.17, 15) is 38.5 Å². The molecule has 10 heterocycles. The Morgan fingerprint density at radius 3 is 1.21 bits per heavy atom. The van der Waals surface area contributed by atoms with Crippen LogP contribution in [0.5, 0.6) is 0 Å². The number of aromatic amines is 4. The van der Waals surface area contributed by atoms with Gasteiger partial charge in [-0.25, -0.2) is 38.0 Å². The van der Waals surface area contributed by atoms with E-state index < -0.39 is 40.1 Å². The van der Waals surface area contributed by atoms with Gasteiger partial charge < -0.3 is 29.4 Å². The van der Waals surface area contributed by atoms with Crippen molar-refractivity contribution in [1.82, 2.24) is 46.6 Å². The Hall–Kier alpha value is -8.13. The lowest BCUT2D eigenvalue weighted by atomic mass is 9.90. The minimum absolute atomic E-state index is 0.157. The number of aryl methyl sites for hydroxylation is 4. The fraction of sp³-hybridized carbons (Fsp3) is 0.347. The number of H-pyrrole nitrogens is 4. The normalized spacial score (nSPS) is 17.4. The monoisotopic (exact) mass is 1400 g/mol. The fourth-order valence-corrected chi connectivity index (χ4v) is 17.0. The average Bonchev–Trinajstić information content (AvgIpc) is 1.65. The number of para-hydroxylation sites is 2. The van der Waals surface area contributed by atoms with E-state index in [0.29, 0.717) is 58.3 Å². The second-order valence-corrected chi connectivity index (χ2v) is 34.3. The highest BCUT2D eigenvalue weighted by molar-refractivity contribution is 7.89. The summed E-state index contributed by atoms with van der Waals surface area (Å²) in [6.45, 7) is 13.8. The smallest absolute Gasteiger partial charge is 0.219 e. The molecule has 0 radical (unpaired) electrons. The fourth-order valence-electron chi connectivity index (χ4n) is 13.8. The van der Waals surface area contributed by atoms with Gasteiger partial charge in [0.05, 0.1) is 25.0 Å². The van der Waals surface area contributed by atoms with Crippen LogP contribution < -0.4 is 0 Å². The van der Waals surface area contributed by atoms with Crippen molar-refractivity contribution in [3.05, 3.63) is 203 Å².